The number of pyridine rings is 1. The van der Waals surface area contributed by atoms with Crippen molar-refractivity contribution in [1.29, 1.82) is 0 Å². The molecule has 0 bridgehead atoms. The number of hydrogen-bond acceptors (Lipinski definition) is 4. The van der Waals surface area contributed by atoms with E-state index >= 15 is 0 Å². The van der Waals surface area contributed by atoms with Crippen LogP contribution in [-0.2, 0) is 16.1 Å². The minimum absolute atomic E-state index is 0.158. The first-order valence-corrected chi connectivity index (χ1v) is 4.92. The Kier molecular flexibility index (Phi) is 2.72. The monoisotopic (exact) mass is 221 g/mol. The Morgan fingerprint density at radius 2 is 2.31 bits per heavy atom. The lowest BCUT2D eigenvalue weighted by atomic mass is 10.5. The van der Waals surface area contributed by atoms with E-state index in [1.165, 1.54) is 4.40 Å². The lowest BCUT2D eigenvalue weighted by Gasteiger charge is -1.99. The summed E-state index contributed by atoms with van der Waals surface area (Å²) in [6.07, 6.45) is 1.60. The molecule has 2 rings (SSSR count). The Hall–Kier alpha value is -2.11. The third-order valence-electron chi connectivity index (χ3n) is 2.07. The lowest BCUT2D eigenvalue weighted by Crippen LogP contribution is -2.25. The minimum Gasteiger partial charge on any atom is -0.465 e. The lowest BCUT2D eigenvalue weighted by molar-refractivity contribution is -0.144. The van der Waals surface area contributed by atoms with Crippen LogP contribution in [0.5, 0.6) is 0 Å². The fourth-order valence-electron chi connectivity index (χ4n) is 1.40. The zero-order chi connectivity index (χ0) is 11.5. The summed E-state index contributed by atoms with van der Waals surface area (Å²) in [6.45, 7) is 1.85. The van der Waals surface area contributed by atoms with Crippen LogP contribution in [0.15, 0.2) is 29.2 Å². The van der Waals surface area contributed by atoms with Crippen molar-refractivity contribution in [2.24, 2.45) is 0 Å². The molecule has 84 valence electrons. The molecular weight excluding hydrogens is 210 g/mol. The second-order valence-electron chi connectivity index (χ2n) is 3.17. The summed E-state index contributed by atoms with van der Waals surface area (Å²) in [7, 11) is 0. The predicted molar refractivity (Wildman–Crippen MR) is 56.1 cm³/mol. The van der Waals surface area contributed by atoms with Crippen LogP contribution in [-0.4, -0.2) is 26.8 Å². The van der Waals surface area contributed by atoms with Gasteiger partial charge in [-0.05, 0) is 19.1 Å². The van der Waals surface area contributed by atoms with E-state index in [0.717, 1.165) is 4.68 Å². The van der Waals surface area contributed by atoms with Gasteiger partial charge in [-0.1, -0.05) is 6.07 Å². The predicted octanol–water partition coefficient (Wildman–Crippen LogP) is 0.0591. The van der Waals surface area contributed by atoms with Gasteiger partial charge in [0.2, 0.25) is 0 Å². The van der Waals surface area contributed by atoms with Crippen molar-refractivity contribution in [1.82, 2.24) is 14.2 Å². The summed E-state index contributed by atoms with van der Waals surface area (Å²) in [5, 5.41) is 4.00. The third-order valence-corrected chi connectivity index (χ3v) is 2.07. The molecule has 0 radical (unpaired) electrons. The fourth-order valence-corrected chi connectivity index (χ4v) is 1.40. The van der Waals surface area contributed by atoms with Gasteiger partial charge in [-0.15, -0.1) is 5.10 Å². The van der Waals surface area contributed by atoms with Gasteiger partial charge in [-0.3, -0.25) is 9.20 Å². The number of esters is 1. The summed E-state index contributed by atoms with van der Waals surface area (Å²) in [5.41, 5.74) is 0.167. The molecule has 0 saturated carbocycles. The Morgan fingerprint density at radius 1 is 1.50 bits per heavy atom. The van der Waals surface area contributed by atoms with E-state index in [4.69, 9.17) is 4.74 Å². The van der Waals surface area contributed by atoms with E-state index < -0.39 is 5.97 Å². The van der Waals surface area contributed by atoms with Crippen LogP contribution in [0.4, 0.5) is 0 Å². The molecule has 0 unspecified atom stereocenters. The molecule has 0 saturated heterocycles. The van der Waals surface area contributed by atoms with Gasteiger partial charge in [0, 0.05) is 6.20 Å². The molecule has 0 spiro atoms. The van der Waals surface area contributed by atoms with Crippen molar-refractivity contribution >= 4 is 11.6 Å². The van der Waals surface area contributed by atoms with Crippen LogP contribution >= 0.6 is 0 Å². The maximum atomic E-state index is 11.7. The SMILES string of the molecule is CCOC(=O)Cn1nc2ccccn2c1=O. The van der Waals surface area contributed by atoms with Gasteiger partial charge in [0.1, 0.15) is 6.54 Å². The van der Waals surface area contributed by atoms with E-state index in [9.17, 15) is 9.59 Å². The van der Waals surface area contributed by atoms with Crippen molar-refractivity contribution in [3.63, 3.8) is 0 Å². The highest BCUT2D eigenvalue weighted by Crippen LogP contribution is 1.95. The molecule has 6 heteroatoms. The minimum atomic E-state index is -0.465. The molecular formula is C10H11N3O3. The number of nitrogens with zero attached hydrogens (tertiary/aromatic N) is 3. The van der Waals surface area contributed by atoms with E-state index in [2.05, 4.69) is 5.10 Å². The molecule has 0 amide bonds. The zero-order valence-electron chi connectivity index (χ0n) is 8.79. The second kappa shape index (κ2) is 4.18. The van der Waals surface area contributed by atoms with E-state index in [0.29, 0.717) is 12.3 Å². The van der Waals surface area contributed by atoms with Crippen molar-refractivity contribution in [2.75, 3.05) is 6.61 Å². The quantitative estimate of drug-likeness (QED) is 0.687. The van der Waals surface area contributed by atoms with Gasteiger partial charge in [0.05, 0.1) is 6.61 Å². The Morgan fingerprint density at radius 3 is 3.00 bits per heavy atom. The molecule has 2 aromatic rings. The number of rotatable bonds is 3. The molecule has 6 nitrogen and oxygen atoms in total. The number of fused-ring (bicyclic) bond motifs is 1. The molecule has 0 aliphatic rings. The first kappa shape index (κ1) is 10.4. The van der Waals surface area contributed by atoms with Crippen LogP contribution in [0.25, 0.3) is 5.65 Å². The largest absolute Gasteiger partial charge is 0.465 e. The van der Waals surface area contributed by atoms with E-state index in [1.807, 2.05) is 0 Å². The molecule has 16 heavy (non-hydrogen) atoms. The summed E-state index contributed by atoms with van der Waals surface area (Å²) in [6, 6.07) is 5.20. The molecule has 2 aromatic heterocycles. The van der Waals surface area contributed by atoms with Crippen molar-refractivity contribution in [3.8, 4) is 0 Å². The maximum Gasteiger partial charge on any atom is 0.350 e. The molecule has 0 aromatic carbocycles. The third kappa shape index (κ3) is 1.81. The highest BCUT2D eigenvalue weighted by molar-refractivity contribution is 5.69. The molecule has 0 aliphatic carbocycles. The molecule has 0 fully saturated rings. The van der Waals surface area contributed by atoms with Gasteiger partial charge in [-0.2, -0.15) is 0 Å². The Labute approximate surface area is 91.1 Å². The van der Waals surface area contributed by atoms with E-state index in [1.54, 1.807) is 31.3 Å². The Balaban J connectivity index is 2.35. The molecule has 0 N–H and O–H groups in total. The Bertz CT molecular complexity index is 570. The zero-order valence-corrected chi connectivity index (χ0v) is 8.79. The van der Waals surface area contributed by atoms with Gasteiger partial charge in [0.25, 0.3) is 0 Å². The second-order valence-corrected chi connectivity index (χ2v) is 3.17. The normalized spacial score (nSPS) is 10.6. The highest BCUT2D eigenvalue weighted by Gasteiger charge is 2.10. The summed E-state index contributed by atoms with van der Waals surface area (Å²) in [5.74, 6) is -0.465. The topological polar surface area (TPSA) is 65.6 Å². The highest BCUT2D eigenvalue weighted by atomic mass is 16.5. The number of ether oxygens (including phenoxy) is 1. The van der Waals surface area contributed by atoms with Crippen LogP contribution in [0.1, 0.15) is 6.92 Å². The van der Waals surface area contributed by atoms with Crippen LogP contribution in [0.3, 0.4) is 0 Å². The van der Waals surface area contributed by atoms with Crippen LogP contribution < -0.4 is 5.69 Å². The fraction of sp³-hybridized carbons (Fsp3) is 0.300. The molecule has 2 heterocycles. The van der Waals surface area contributed by atoms with Gasteiger partial charge < -0.3 is 4.74 Å². The summed E-state index contributed by atoms with van der Waals surface area (Å²) in [4.78, 5) is 22.9. The van der Waals surface area contributed by atoms with Crippen molar-refractivity contribution < 1.29 is 9.53 Å². The number of carbonyl (C=O) groups excluding carboxylic acids is 1. The first-order chi connectivity index (χ1) is 7.72. The first-order valence-electron chi connectivity index (χ1n) is 4.92. The van der Waals surface area contributed by atoms with Crippen molar-refractivity contribution in [2.45, 2.75) is 13.5 Å². The van der Waals surface area contributed by atoms with Gasteiger partial charge in [-0.25, -0.2) is 9.48 Å². The summed E-state index contributed by atoms with van der Waals surface area (Å²) < 4.78 is 7.21. The van der Waals surface area contributed by atoms with Gasteiger partial charge in [0.15, 0.2) is 5.65 Å². The molecule has 0 aliphatic heterocycles. The number of carbonyl (C=O) groups is 1. The number of hydrogen-bond donors (Lipinski definition) is 0. The standard InChI is InChI=1S/C10H11N3O3/c1-2-16-9(14)7-13-10(15)12-6-4-3-5-8(12)11-13/h3-6H,2,7H2,1H3. The number of aromatic nitrogens is 3. The average molecular weight is 221 g/mol. The smallest absolute Gasteiger partial charge is 0.350 e. The van der Waals surface area contributed by atoms with E-state index in [-0.39, 0.29) is 12.2 Å². The molecule has 0 atom stereocenters. The maximum absolute atomic E-state index is 11.7. The van der Waals surface area contributed by atoms with Crippen molar-refractivity contribution in [3.05, 3.63) is 34.9 Å². The summed E-state index contributed by atoms with van der Waals surface area (Å²) >= 11 is 0. The van der Waals surface area contributed by atoms with Gasteiger partial charge >= 0.3 is 11.7 Å². The average Bonchev–Trinajstić information content (AvgIpc) is 2.57. The van der Waals surface area contributed by atoms with Crippen LogP contribution in [0, 0.1) is 0 Å². The van der Waals surface area contributed by atoms with Crippen LogP contribution in [0.2, 0.25) is 0 Å².